The highest BCUT2D eigenvalue weighted by atomic mass is 16.1. The summed E-state index contributed by atoms with van der Waals surface area (Å²) in [6.45, 7) is 2.54. The lowest BCUT2D eigenvalue weighted by atomic mass is 10.1. The summed E-state index contributed by atoms with van der Waals surface area (Å²) in [5, 5.41) is 21.3. The zero-order valence-electron chi connectivity index (χ0n) is 14.8. The number of benzene rings is 2. The number of fused-ring (bicyclic) bond motifs is 1. The highest BCUT2D eigenvalue weighted by Gasteiger charge is 2.15. The third-order valence-corrected chi connectivity index (χ3v) is 4.43. The molecule has 132 valence electrons. The number of aryl methyl sites for hydroxylation is 1. The summed E-state index contributed by atoms with van der Waals surface area (Å²) < 4.78 is 1.77. The molecule has 0 radical (unpaired) electrons. The molecule has 0 aliphatic rings. The van der Waals surface area contributed by atoms with Crippen molar-refractivity contribution in [1.29, 1.82) is 5.26 Å². The molecule has 1 N–H and O–H groups in total. The number of aromatic nitrogens is 4. The molecular formula is C21H17N5O. The second kappa shape index (κ2) is 6.89. The van der Waals surface area contributed by atoms with Gasteiger partial charge in [-0.25, -0.2) is 0 Å². The van der Waals surface area contributed by atoms with Gasteiger partial charge in [0.25, 0.3) is 0 Å². The number of H-pyrrole nitrogens is 1. The highest BCUT2D eigenvalue weighted by Crippen LogP contribution is 2.19. The summed E-state index contributed by atoms with van der Waals surface area (Å²) in [6.07, 6.45) is 3.80. The van der Waals surface area contributed by atoms with Crippen LogP contribution in [-0.2, 0) is 13.0 Å². The second-order valence-electron chi connectivity index (χ2n) is 6.58. The largest absolute Gasteiger partial charge is 0.292 e. The SMILES string of the molecule is Cc1ccc2[nH]nc(C(=O)Cc3cnn(Cc4cccc(C#N)c4)c3)c2c1. The van der Waals surface area contributed by atoms with Crippen molar-refractivity contribution in [2.45, 2.75) is 19.9 Å². The maximum atomic E-state index is 12.7. The van der Waals surface area contributed by atoms with Crippen LogP contribution in [0.5, 0.6) is 0 Å². The van der Waals surface area contributed by atoms with Crippen LogP contribution in [0.2, 0.25) is 0 Å². The molecule has 0 fully saturated rings. The van der Waals surface area contributed by atoms with Gasteiger partial charge in [-0.15, -0.1) is 0 Å². The second-order valence-corrected chi connectivity index (χ2v) is 6.58. The van der Waals surface area contributed by atoms with E-state index in [0.717, 1.165) is 27.6 Å². The lowest BCUT2D eigenvalue weighted by Gasteiger charge is -2.02. The first-order valence-electron chi connectivity index (χ1n) is 8.60. The zero-order chi connectivity index (χ0) is 18.8. The van der Waals surface area contributed by atoms with E-state index in [9.17, 15) is 4.79 Å². The van der Waals surface area contributed by atoms with E-state index in [1.54, 1.807) is 16.9 Å². The number of Topliss-reactive ketones (excluding diaryl/α,β-unsaturated/α-hetero) is 1. The fraction of sp³-hybridized carbons (Fsp3) is 0.143. The summed E-state index contributed by atoms with van der Waals surface area (Å²) in [7, 11) is 0. The van der Waals surface area contributed by atoms with Crippen LogP contribution in [-0.4, -0.2) is 25.8 Å². The molecule has 2 aromatic carbocycles. The monoisotopic (exact) mass is 355 g/mol. The van der Waals surface area contributed by atoms with Crippen molar-refractivity contribution in [1.82, 2.24) is 20.0 Å². The van der Waals surface area contributed by atoms with Gasteiger partial charge in [-0.2, -0.15) is 15.5 Å². The molecule has 0 unspecified atom stereocenters. The minimum Gasteiger partial charge on any atom is -0.292 e. The van der Waals surface area contributed by atoms with Crippen LogP contribution in [0.25, 0.3) is 10.9 Å². The number of nitriles is 1. The maximum absolute atomic E-state index is 12.7. The van der Waals surface area contributed by atoms with Gasteiger partial charge >= 0.3 is 0 Å². The van der Waals surface area contributed by atoms with Crippen molar-refractivity contribution in [2.75, 3.05) is 0 Å². The first-order chi connectivity index (χ1) is 13.1. The first kappa shape index (κ1) is 16.7. The molecule has 0 aliphatic heterocycles. The van der Waals surface area contributed by atoms with Crippen molar-refractivity contribution >= 4 is 16.7 Å². The van der Waals surface area contributed by atoms with E-state index >= 15 is 0 Å². The van der Waals surface area contributed by atoms with E-state index < -0.39 is 0 Å². The van der Waals surface area contributed by atoms with Crippen molar-refractivity contribution in [3.05, 3.63) is 82.8 Å². The van der Waals surface area contributed by atoms with E-state index in [0.29, 0.717) is 17.8 Å². The number of carbonyl (C=O) groups is 1. The van der Waals surface area contributed by atoms with E-state index in [1.807, 2.05) is 49.5 Å². The Hall–Kier alpha value is -3.72. The van der Waals surface area contributed by atoms with Crippen LogP contribution in [0, 0.1) is 18.3 Å². The van der Waals surface area contributed by atoms with E-state index in [4.69, 9.17) is 5.26 Å². The Morgan fingerprint density at radius 1 is 1.22 bits per heavy atom. The Bertz CT molecular complexity index is 1180. The number of ketones is 1. The predicted octanol–water partition coefficient (Wildman–Crippen LogP) is 3.41. The number of rotatable bonds is 5. The van der Waals surface area contributed by atoms with Gasteiger partial charge in [0.15, 0.2) is 5.78 Å². The van der Waals surface area contributed by atoms with Crippen LogP contribution in [0.15, 0.2) is 54.9 Å². The molecule has 0 saturated carbocycles. The van der Waals surface area contributed by atoms with Crippen LogP contribution in [0.3, 0.4) is 0 Å². The molecule has 0 aliphatic carbocycles. The zero-order valence-corrected chi connectivity index (χ0v) is 14.8. The summed E-state index contributed by atoms with van der Waals surface area (Å²) in [4.78, 5) is 12.7. The van der Waals surface area contributed by atoms with Crippen molar-refractivity contribution < 1.29 is 4.79 Å². The Balaban J connectivity index is 1.51. The third kappa shape index (κ3) is 3.48. The lowest BCUT2D eigenvalue weighted by molar-refractivity contribution is 0.0989. The quantitative estimate of drug-likeness (QED) is 0.556. The van der Waals surface area contributed by atoms with Crippen molar-refractivity contribution in [2.24, 2.45) is 0 Å². The average molecular weight is 355 g/mol. The van der Waals surface area contributed by atoms with Crippen molar-refractivity contribution in [3.63, 3.8) is 0 Å². The molecule has 6 nitrogen and oxygen atoms in total. The molecule has 0 amide bonds. The average Bonchev–Trinajstić information content (AvgIpc) is 3.28. The Morgan fingerprint density at radius 2 is 2.11 bits per heavy atom. The molecule has 4 rings (SSSR count). The number of nitrogens with one attached hydrogen (secondary N) is 1. The molecule has 4 aromatic rings. The van der Waals surface area contributed by atoms with Crippen LogP contribution in [0.4, 0.5) is 0 Å². The minimum atomic E-state index is -0.0436. The van der Waals surface area contributed by atoms with Crippen LogP contribution in [0.1, 0.15) is 32.7 Å². The number of hydrogen-bond acceptors (Lipinski definition) is 4. The van der Waals surface area contributed by atoms with Gasteiger partial charge in [-0.3, -0.25) is 14.6 Å². The summed E-state index contributed by atoms with van der Waals surface area (Å²) >= 11 is 0. The summed E-state index contributed by atoms with van der Waals surface area (Å²) in [6, 6.07) is 15.4. The van der Waals surface area contributed by atoms with Gasteiger partial charge in [0, 0.05) is 18.0 Å². The van der Waals surface area contributed by atoms with Gasteiger partial charge in [0.05, 0.1) is 29.9 Å². The maximum Gasteiger partial charge on any atom is 0.188 e. The van der Waals surface area contributed by atoms with E-state index in [2.05, 4.69) is 21.4 Å². The number of carbonyl (C=O) groups excluding carboxylic acids is 1. The molecule has 0 atom stereocenters. The Labute approximate surface area is 156 Å². The highest BCUT2D eigenvalue weighted by molar-refractivity contribution is 6.06. The molecule has 0 saturated heterocycles. The topological polar surface area (TPSA) is 87.4 Å². The minimum absolute atomic E-state index is 0.0436. The molecular weight excluding hydrogens is 338 g/mol. The molecule has 2 aromatic heterocycles. The molecule has 27 heavy (non-hydrogen) atoms. The van der Waals surface area contributed by atoms with Gasteiger partial charge in [0.2, 0.25) is 0 Å². The molecule has 0 spiro atoms. The van der Waals surface area contributed by atoms with Crippen LogP contribution < -0.4 is 0 Å². The number of hydrogen-bond donors (Lipinski definition) is 1. The normalized spacial score (nSPS) is 10.8. The lowest BCUT2D eigenvalue weighted by Crippen LogP contribution is -2.04. The fourth-order valence-corrected chi connectivity index (χ4v) is 3.12. The summed E-state index contributed by atoms with van der Waals surface area (Å²) in [5.74, 6) is -0.0436. The van der Waals surface area contributed by atoms with Gasteiger partial charge in [0.1, 0.15) is 5.69 Å². The van der Waals surface area contributed by atoms with E-state index in [1.165, 1.54) is 0 Å². The fourth-order valence-electron chi connectivity index (χ4n) is 3.12. The molecule has 6 heteroatoms. The summed E-state index contributed by atoms with van der Waals surface area (Å²) in [5.41, 5.74) is 4.85. The van der Waals surface area contributed by atoms with Crippen LogP contribution >= 0.6 is 0 Å². The third-order valence-electron chi connectivity index (χ3n) is 4.43. The van der Waals surface area contributed by atoms with Gasteiger partial charge in [-0.05, 0) is 42.3 Å². The smallest absolute Gasteiger partial charge is 0.188 e. The Kier molecular flexibility index (Phi) is 4.27. The number of aromatic amines is 1. The van der Waals surface area contributed by atoms with Gasteiger partial charge < -0.3 is 0 Å². The number of nitrogens with zero attached hydrogens (tertiary/aromatic N) is 4. The standard InChI is InChI=1S/C21H17N5O/c1-14-5-6-19-18(7-14)21(25-24-19)20(27)9-17-11-23-26(13-17)12-16-4-2-3-15(8-16)10-22/h2-8,11,13H,9,12H2,1H3,(H,24,25). The molecule has 0 bridgehead atoms. The van der Waals surface area contributed by atoms with E-state index in [-0.39, 0.29) is 12.2 Å². The molecule has 2 heterocycles. The predicted molar refractivity (Wildman–Crippen MR) is 101 cm³/mol. The Morgan fingerprint density at radius 3 is 2.96 bits per heavy atom. The van der Waals surface area contributed by atoms with Gasteiger partial charge in [-0.1, -0.05) is 23.8 Å². The first-order valence-corrected chi connectivity index (χ1v) is 8.60. The van der Waals surface area contributed by atoms with Crippen molar-refractivity contribution in [3.8, 4) is 6.07 Å².